The minimum absolute atomic E-state index is 0.122. The van der Waals surface area contributed by atoms with E-state index >= 15 is 0 Å². The van der Waals surface area contributed by atoms with Crippen molar-refractivity contribution in [2.45, 2.75) is 25.8 Å². The second kappa shape index (κ2) is 7.72. The number of anilines is 1. The lowest BCUT2D eigenvalue weighted by Crippen LogP contribution is -2.25. The Balaban J connectivity index is 1.47. The maximum atomic E-state index is 13.2. The molecule has 31 heavy (non-hydrogen) atoms. The first-order valence-electron chi connectivity index (χ1n) is 10.3. The lowest BCUT2D eigenvalue weighted by molar-refractivity contribution is 0.0949. The number of benzene rings is 2. The molecule has 0 saturated heterocycles. The van der Waals surface area contributed by atoms with Crippen molar-refractivity contribution >= 4 is 28.4 Å². The van der Waals surface area contributed by atoms with Gasteiger partial charge in [0.25, 0.3) is 11.8 Å². The second-order valence-electron chi connectivity index (χ2n) is 7.77. The van der Waals surface area contributed by atoms with Gasteiger partial charge in [0.1, 0.15) is 11.5 Å². The van der Waals surface area contributed by atoms with Crippen LogP contribution in [-0.4, -0.2) is 22.8 Å². The average molecular weight is 411 g/mol. The second-order valence-corrected chi connectivity index (χ2v) is 7.77. The van der Waals surface area contributed by atoms with Crippen molar-refractivity contribution < 1.29 is 14.0 Å². The predicted molar refractivity (Wildman–Crippen MR) is 119 cm³/mol. The van der Waals surface area contributed by atoms with Crippen LogP contribution >= 0.6 is 0 Å². The van der Waals surface area contributed by atoms with E-state index in [-0.39, 0.29) is 17.9 Å². The Bertz CT molecular complexity index is 1300. The van der Waals surface area contributed by atoms with Gasteiger partial charge in [-0.25, -0.2) is 4.98 Å². The summed E-state index contributed by atoms with van der Waals surface area (Å²) >= 11 is 0. The van der Waals surface area contributed by atoms with Crippen LogP contribution < -0.4 is 10.6 Å². The smallest absolute Gasteiger partial charge is 0.256 e. The standard InChI is InChI=1S/C25H21N3O3/c1-15-9-12-23(31-15)22-14-20(19-7-2-3-8-21(19)28-22)25(30)27-18-6-4-5-16(13-18)24(29)26-17-10-11-17/h2-9,12-14,17H,10-11H2,1H3,(H,26,29)(H,27,30). The first-order chi connectivity index (χ1) is 15.1. The van der Waals surface area contributed by atoms with Gasteiger partial charge in [-0.05, 0) is 62.2 Å². The first kappa shape index (κ1) is 19.1. The van der Waals surface area contributed by atoms with Gasteiger partial charge in [0.05, 0.1) is 11.1 Å². The molecule has 2 aromatic carbocycles. The van der Waals surface area contributed by atoms with Gasteiger partial charge in [0, 0.05) is 22.7 Å². The number of rotatable bonds is 5. The van der Waals surface area contributed by atoms with Crippen molar-refractivity contribution in [2.75, 3.05) is 5.32 Å². The molecule has 1 aliphatic carbocycles. The number of para-hydroxylation sites is 1. The zero-order valence-corrected chi connectivity index (χ0v) is 17.0. The summed E-state index contributed by atoms with van der Waals surface area (Å²) in [5.74, 6) is 0.986. The van der Waals surface area contributed by atoms with Crippen LogP contribution in [0.3, 0.4) is 0 Å². The van der Waals surface area contributed by atoms with E-state index in [0.29, 0.717) is 33.8 Å². The van der Waals surface area contributed by atoms with Crippen molar-refractivity contribution in [2.24, 2.45) is 0 Å². The summed E-state index contributed by atoms with van der Waals surface area (Å²) in [7, 11) is 0. The molecule has 0 atom stereocenters. The lowest BCUT2D eigenvalue weighted by atomic mass is 10.1. The number of carbonyl (C=O) groups is 2. The Morgan fingerprint density at radius 3 is 2.58 bits per heavy atom. The summed E-state index contributed by atoms with van der Waals surface area (Å²) in [5, 5.41) is 6.63. The molecule has 2 aromatic heterocycles. The zero-order chi connectivity index (χ0) is 21.4. The molecule has 0 bridgehead atoms. The molecule has 0 unspecified atom stereocenters. The highest BCUT2D eigenvalue weighted by Crippen LogP contribution is 2.27. The Morgan fingerprint density at radius 2 is 1.81 bits per heavy atom. The maximum Gasteiger partial charge on any atom is 0.256 e. The van der Waals surface area contributed by atoms with E-state index < -0.39 is 0 Å². The van der Waals surface area contributed by atoms with Crippen molar-refractivity contribution in [1.29, 1.82) is 0 Å². The monoisotopic (exact) mass is 411 g/mol. The molecule has 0 spiro atoms. The van der Waals surface area contributed by atoms with E-state index in [1.54, 1.807) is 30.3 Å². The highest BCUT2D eigenvalue weighted by Gasteiger charge is 2.24. The van der Waals surface area contributed by atoms with E-state index in [2.05, 4.69) is 15.6 Å². The Morgan fingerprint density at radius 1 is 0.968 bits per heavy atom. The number of carbonyl (C=O) groups excluding carboxylic acids is 2. The summed E-state index contributed by atoms with van der Waals surface area (Å²) in [5.41, 5.74) is 2.87. The number of aromatic nitrogens is 1. The topological polar surface area (TPSA) is 84.2 Å². The van der Waals surface area contributed by atoms with Gasteiger partial charge in [0.2, 0.25) is 0 Å². The minimum Gasteiger partial charge on any atom is -0.460 e. The molecule has 2 heterocycles. The molecule has 6 heteroatoms. The summed E-state index contributed by atoms with van der Waals surface area (Å²) in [4.78, 5) is 30.2. The maximum absolute atomic E-state index is 13.2. The fourth-order valence-corrected chi connectivity index (χ4v) is 3.49. The van der Waals surface area contributed by atoms with E-state index in [1.165, 1.54) is 0 Å². The molecule has 154 valence electrons. The summed E-state index contributed by atoms with van der Waals surface area (Å²) in [6, 6.07) is 20.2. The third kappa shape index (κ3) is 4.05. The van der Waals surface area contributed by atoms with Crippen LogP contribution in [-0.2, 0) is 0 Å². The van der Waals surface area contributed by atoms with Crippen molar-refractivity contribution in [3.63, 3.8) is 0 Å². The number of amides is 2. The van der Waals surface area contributed by atoms with Crippen LogP contribution in [0, 0.1) is 6.92 Å². The average Bonchev–Trinajstić information content (AvgIpc) is 3.49. The van der Waals surface area contributed by atoms with Crippen LogP contribution in [0.15, 0.2) is 71.1 Å². The van der Waals surface area contributed by atoms with Crippen LogP contribution in [0.4, 0.5) is 5.69 Å². The number of nitrogens with one attached hydrogen (secondary N) is 2. The molecule has 4 aromatic rings. The summed E-state index contributed by atoms with van der Waals surface area (Å²) in [6.07, 6.45) is 2.05. The van der Waals surface area contributed by atoms with Gasteiger partial charge < -0.3 is 15.1 Å². The van der Waals surface area contributed by atoms with Crippen molar-refractivity contribution in [3.05, 3.63) is 83.6 Å². The van der Waals surface area contributed by atoms with Gasteiger partial charge in [0.15, 0.2) is 5.76 Å². The molecule has 0 radical (unpaired) electrons. The molecule has 1 saturated carbocycles. The Labute approximate surface area is 179 Å². The number of furan rings is 1. The molecule has 2 amide bonds. The number of hydrogen-bond acceptors (Lipinski definition) is 4. The third-order valence-corrected chi connectivity index (χ3v) is 5.25. The molecular weight excluding hydrogens is 390 g/mol. The molecule has 0 aliphatic heterocycles. The number of fused-ring (bicyclic) bond motifs is 1. The van der Waals surface area contributed by atoms with Crippen LogP contribution in [0.5, 0.6) is 0 Å². The third-order valence-electron chi connectivity index (χ3n) is 5.25. The number of nitrogens with zero attached hydrogens (tertiary/aromatic N) is 1. The quantitative estimate of drug-likeness (QED) is 0.487. The van der Waals surface area contributed by atoms with Crippen LogP contribution in [0.1, 0.15) is 39.3 Å². The Kier molecular flexibility index (Phi) is 4.75. The SMILES string of the molecule is Cc1ccc(-c2cc(C(=O)Nc3cccc(C(=O)NC4CC4)c3)c3ccccc3n2)o1. The molecule has 1 fully saturated rings. The number of pyridine rings is 1. The van der Waals surface area contributed by atoms with E-state index in [0.717, 1.165) is 24.0 Å². The van der Waals surface area contributed by atoms with Gasteiger partial charge >= 0.3 is 0 Å². The molecule has 5 rings (SSSR count). The highest BCUT2D eigenvalue weighted by atomic mass is 16.3. The molecule has 6 nitrogen and oxygen atoms in total. The van der Waals surface area contributed by atoms with Gasteiger partial charge in [-0.15, -0.1) is 0 Å². The van der Waals surface area contributed by atoms with Crippen molar-refractivity contribution in [3.8, 4) is 11.5 Å². The van der Waals surface area contributed by atoms with Crippen molar-refractivity contribution in [1.82, 2.24) is 10.3 Å². The number of aryl methyl sites for hydroxylation is 1. The minimum atomic E-state index is -0.275. The highest BCUT2D eigenvalue weighted by molar-refractivity contribution is 6.13. The first-order valence-corrected chi connectivity index (χ1v) is 10.3. The summed E-state index contributed by atoms with van der Waals surface area (Å²) < 4.78 is 5.71. The number of hydrogen-bond donors (Lipinski definition) is 2. The van der Waals surface area contributed by atoms with Gasteiger partial charge in [-0.1, -0.05) is 24.3 Å². The predicted octanol–water partition coefficient (Wildman–Crippen LogP) is 4.95. The molecule has 2 N–H and O–H groups in total. The van der Waals surface area contributed by atoms with Crippen LogP contribution in [0.25, 0.3) is 22.4 Å². The Hall–Kier alpha value is -3.93. The van der Waals surface area contributed by atoms with E-state index in [4.69, 9.17) is 4.42 Å². The molecule has 1 aliphatic rings. The molecular formula is C25H21N3O3. The van der Waals surface area contributed by atoms with E-state index in [9.17, 15) is 9.59 Å². The van der Waals surface area contributed by atoms with Gasteiger partial charge in [-0.2, -0.15) is 0 Å². The van der Waals surface area contributed by atoms with Gasteiger partial charge in [-0.3, -0.25) is 9.59 Å². The lowest BCUT2D eigenvalue weighted by Gasteiger charge is -2.11. The fraction of sp³-hybridized carbons (Fsp3) is 0.160. The van der Waals surface area contributed by atoms with E-state index in [1.807, 2.05) is 43.3 Å². The normalized spacial score (nSPS) is 13.2. The van der Waals surface area contributed by atoms with Crippen LogP contribution in [0.2, 0.25) is 0 Å². The largest absolute Gasteiger partial charge is 0.460 e. The summed E-state index contributed by atoms with van der Waals surface area (Å²) in [6.45, 7) is 1.87. The zero-order valence-electron chi connectivity index (χ0n) is 17.0. The fourth-order valence-electron chi connectivity index (χ4n) is 3.49.